The largest absolute Gasteiger partial charge is 0.488 e. The minimum atomic E-state index is -0.395. The van der Waals surface area contributed by atoms with E-state index in [9.17, 15) is 10.1 Å². The van der Waals surface area contributed by atoms with Crippen LogP contribution in [0.3, 0.4) is 0 Å². The molecule has 0 spiro atoms. The second-order valence-electron chi connectivity index (χ2n) is 5.36. The summed E-state index contributed by atoms with van der Waals surface area (Å²) in [5, 5.41) is 11.0. The summed E-state index contributed by atoms with van der Waals surface area (Å²) in [6.45, 7) is 5.82. The first-order chi connectivity index (χ1) is 7.89. The van der Waals surface area contributed by atoms with E-state index in [0.717, 1.165) is 12.8 Å². The maximum Gasteiger partial charge on any atom is 0.294 e. The van der Waals surface area contributed by atoms with Crippen molar-refractivity contribution in [2.24, 2.45) is 0 Å². The molecule has 0 amide bonds. The van der Waals surface area contributed by atoms with Crippen molar-refractivity contribution in [3.05, 3.63) is 28.1 Å². The van der Waals surface area contributed by atoms with E-state index in [1.54, 1.807) is 6.20 Å². The lowest BCUT2D eigenvalue weighted by Gasteiger charge is -2.21. The zero-order chi connectivity index (χ0) is 12.6. The fraction of sp³-hybridized carbons (Fsp3) is 0.583. The van der Waals surface area contributed by atoms with Gasteiger partial charge in [-0.1, -0.05) is 20.8 Å². The second-order valence-corrected chi connectivity index (χ2v) is 5.36. The third-order valence-electron chi connectivity index (χ3n) is 2.66. The van der Waals surface area contributed by atoms with Crippen LogP contribution in [-0.4, -0.2) is 16.0 Å². The first-order valence-electron chi connectivity index (χ1n) is 5.69. The molecule has 1 aliphatic rings. The van der Waals surface area contributed by atoms with E-state index < -0.39 is 4.92 Å². The number of pyridine rings is 1. The molecule has 2 rings (SSSR count). The number of nitro groups is 1. The summed E-state index contributed by atoms with van der Waals surface area (Å²) in [4.78, 5) is 14.5. The van der Waals surface area contributed by atoms with E-state index in [1.165, 1.54) is 6.20 Å². The monoisotopic (exact) mass is 236 g/mol. The van der Waals surface area contributed by atoms with Crippen molar-refractivity contribution in [3.63, 3.8) is 0 Å². The molecular weight excluding hydrogens is 220 g/mol. The SMILES string of the molecule is CC(C)(C)c1c(OC2CC2)cncc1[N+](=O)[O-]. The number of rotatable bonds is 3. The standard InChI is InChI=1S/C12H16N2O3/c1-12(2,3)11-9(14(15)16)6-13-7-10(11)17-8-4-5-8/h6-8H,4-5H2,1-3H3. The Morgan fingerprint density at radius 1 is 1.41 bits per heavy atom. The Bertz CT molecular complexity index is 448. The molecule has 0 radical (unpaired) electrons. The van der Waals surface area contributed by atoms with Crippen LogP contribution >= 0.6 is 0 Å². The van der Waals surface area contributed by atoms with Crippen LogP contribution in [0.4, 0.5) is 5.69 Å². The van der Waals surface area contributed by atoms with Gasteiger partial charge in [-0.25, -0.2) is 0 Å². The molecule has 0 aromatic carbocycles. The third kappa shape index (κ3) is 2.54. The molecule has 0 saturated heterocycles. The van der Waals surface area contributed by atoms with Gasteiger partial charge in [0.05, 0.1) is 22.8 Å². The van der Waals surface area contributed by atoms with Crippen LogP contribution in [0.2, 0.25) is 0 Å². The second kappa shape index (κ2) is 3.98. The summed E-state index contributed by atoms with van der Waals surface area (Å²) < 4.78 is 5.71. The number of hydrogen-bond donors (Lipinski definition) is 0. The van der Waals surface area contributed by atoms with Gasteiger partial charge >= 0.3 is 0 Å². The highest BCUT2D eigenvalue weighted by molar-refractivity contribution is 5.51. The quantitative estimate of drug-likeness (QED) is 0.598. The Morgan fingerprint density at radius 2 is 2.06 bits per heavy atom. The molecule has 1 aromatic heterocycles. The zero-order valence-electron chi connectivity index (χ0n) is 10.3. The van der Waals surface area contributed by atoms with Crippen molar-refractivity contribution in [2.45, 2.75) is 45.1 Å². The highest BCUT2D eigenvalue weighted by atomic mass is 16.6. The molecule has 0 atom stereocenters. The van der Waals surface area contributed by atoms with E-state index in [-0.39, 0.29) is 17.2 Å². The lowest BCUT2D eigenvalue weighted by molar-refractivity contribution is -0.386. The molecular formula is C12H16N2O3. The normalized spacial score (nSPS) is 15.7. The number of ether oxygens (including phenoxy) is 1. The number of nitrogens with zero attached hydrogens (tertiary/aromatic N) is 2. The van der Waals surface area contributed by atoms with Crippen LogP contribution in [0.15, 0.2) is 12.4 Å². The number of hydrogen-bond acceptors (Lipinski definition) is 4. The van der Waals surface area contributed by atoms with Gasteiger partial charge in [0.25, 0.3) is 5.69 Å². The van der Waals surface area contributed by atoms with Gasteiger partial charge in [-0.3, -0.25) is 15.1 Å². The minimum Gasteiger partial charge on any atom is -0.488 e. The molecule has 1 aliphatic carbocycles. The van der Waals surface area contributed by atoms with Crippen LogP contribution in [0.25, 0.3) is 0 Å². The fourth-order valence-corrected chi connectivity index (χ4v) is 1.78. The smallest absolute Gasteiger partial charge is 0.294 e. The summed E-state index contributed by atoms with van der Waals surface area (Å²) in [7, 11) is 0. The number of aromatic nitrogens is 1. The predicted molar refractivity (Wildman–Crippen MR) is 63.2 cm³/mol. The van der Waals surface area contributed by atoms with E-state index in [4.69, 9.17) is 4.74 Å². The van der Waals surface area contributed by atoms with Crippen LogP contribution in [0.1, 0.15) is 39.2 Å². The van der Waals surface area contributed by atoms with Crippen molar-refractivity contribution >= 4 is 5.69 Å². The Kier molecular flexibility index (Phi) is 2.77. The third-order valence-corrected chi connectivity index (χ3v) is 2.66. The predicted octanol–water partition coefficient (Wildman–Crippen LogP) is 2.83. The molecule has 0 N–H and O–H groups in total. The van der Waals surface area contributed by atoms with E-state index in [1.807, 2.05) is 20.8 Å². The zero-order valence-corrected chi connectivity index (χ0v) is 10.3. The summed E-state index contributed by atoms with van der Waals surface area (Å²) in [6, 6.07) is 0. The molecule has 0 unspecified atom stereocenters. The van der Waals surface area contributed by atoms with Crippen molar-refractivity contribution in [2.75, 3.05) is 0 Å². The minimum absolute atomic E-state index is 0.0376. The topological polar surface area (TPSA) is 65.3 Å². The first-order valence-corrected chi connectivity index (χ1v) is 5.69. The lowest BCUT2D eigenvalue weighted by Crippen LogP contribution is -2.17. The van der Waals surface area contributed by atoms with Crippen molar-refractivity contribution in [3.8, 4) is 5.75 Å². The van der Waals surface area contributed by atoms with Gasteiger partial charge in [-0.2, -0.15) is 0 Å². The van der Waals surface area contributed by atoms with E-state index >= 15 is 0 Å². The Balaban J connectivity index is 2.49. The average Bonchev–Trinajstić information content (AvgIpc) is 2.99. The van der Waals surface area contributed by atoms with Gasteiger partial charge in [0.2, 0.25) is 0 Å². The molecule has 1 fully saturated rings. The maximum absolute atomic E-state index is 11.0. The first kappa shape index (κ1) is 11.8. The van der Waals surface area contributed by atoms with Crippen molar-refractivity contribution < 1.29 is 9.66 Å². The van der Waals surface area contributed by atoms with Crippen molar-refractivity contribution in [1.29, 1.82) is 0 Å². The van der Waals surface area contributed by atoms with Gasteiger partial charge < -0.3 is 4.74 Å². The fourth-order valence-electron chi connectivity index (χ4n) is 1.78. The van der Waals surface area contributed by atoms with Crippen LogP contribution in [0, 0.1) is 10.1 Å². The molecule has 1 heterocycles. The molecule has 0 bridgehead atoms. The van der Waals surface area contributed by atoms with Crippen molar-refractivity contribution in [1.82, 2.24) is 4.98 Å². The molecule has 17 heavy (non-hydrogen) atoms. The molecule has 1 saturated carbocycles. The molecule has 5 nitrogen and oxygen atoms in total. The summed E-state index contributed by atoms with van der Waals surface area (Å²) in [6.07, 6.45) is 5.12. The highest BCUT2D eigenvalue weighted by Crippen LogP contribution is 2.39. The molecule has 92 valence electrons. The Labute approximate surface area is 100.0 Å². The van der Waals surface area contributed by atoms with Gasteiger partial charge in [0.1, 0.15) is 11.9 Å². The molecule has 1 aromatic rings. The lowest BCUT2D eigenvalue weighted by atomic mass is 9.86. The van der Waals surface area contributed by atoms with E-state index in [2.05, 4.69) is 4.98 Å². The van der Waals surface area contributed by atoms with Gasteiger partial charge in [-0.05, 0) is 18.3 Å². The molecule has 0 aliphatic heterocycles. The maximum atomic E-state index is 11.0. The summed E-state index contributed by atoms with van der Waals surface area (Å²) in [5.74, 6) is 0.550. The van der Waals surface area contributed by atoms with Gasteiger partial charge in [0.15, 0.2) is 0 Å². The summed E-state index contributed by atoms with van der Waals surface area (Å²) in [5.41, 5.74) is 0.329. The van der Waals surface area contributed by atoms with Crippen LogP contribution in [0.5, 0.6) is 5.75 Å². The Morgan fingerprint density at radius 3 is 2.53 bits per heavy atom. The van der Waals surface area contributed by atoms with E-state index in [0.29, 0.717) is 11.3 Å². The summed E-state index contributed by atoms with van der Waals surface area (Å²) >= 11 is 0. The van der Waals surface area contributed by atoms with Gasteiger partial charge in [-0.15, -0.1) is 0 Å². The van der Waals surface area contributed by atoms with Gasteiger partial charge in [0, 0.05) is 0 Å². The van der Waals surface area contributed by atoms with Crippen LogP contribution < -0.4 is 4.74 Å². The molecule has 5 heteroatoms. The van der Waals surface area contributed by atoms with Crippen LogP contribution in [-0.2, 0) is 5.41 Å². The Hall–Kier alpha value is -1.65. The highest BCUT2D eigenvalue weighted by Gasteiger charge is 2.32. The average molecular weight is 236 g/mol.